The van der Waals surface area contributed by atoms with Crippen molar-refractivity contribution < 1.29 is 4.79 Å². The highest BCUT2D eigenvalue weighted by Gasteiger charge is 2.27. The molecular formula is C12H17N3O2. The van der Waals surface area contributed by atoms with E-state index in [1.54, 1.807) is 6.07 Å². The lowest BCUT2D eigenvalue weighted by Gasteiger charge is -2.19. The maximum atomic E-state index is 11.9. The van der Waals surface area contributed by atoms with Crippen LogP contribution in [0.2, 0.25) is 0 Å². The number of nitrogens with one attached hydrogen (secondary N) is 2. The van der Waals surface area contributed by atoms with E-state index < -0.39 is 0 Å². The van der Waals surface area contributed by atoms with E-state index in [1.165, 1.54) is 12.3 Å². The third kappa shape index (κ3) is 2.55. The van der Waals surface area contributed by atoms with Gasteiger partial charge in [0.05, 0.1) is 0 Å². The van der Waals surface area contributed by atoms with Gasteiger partial charge in [0.1, 0.15) is 5.56 Å². The van der Waals surface area contributed by atoms with Crippen LogP contribution in [0.5, 0.6) is 0 Å². The summed E-state index contributed by atoms with van der Waals surface area (Å²) in [6, 6.07) is 3.28. The van der Waals surface area contributed by atoms with Gasteiger partial charge in [-0.2, -0.15) is 0 Å². The summed E-state index contributed by atoms with van der Waals surface area (Å²) in [6.45, 7) is 0.579. The van der Waals surface area contributed by atoms with E-state index in [2.05, 4.69) is 10.3 Å². The van der Waals surface area contributed by atoms with E-state index in [1.807, 2.05) is 0 Å². The number of pyridine rings is 1. The van der Waals surface area contributed by atoms with Crippen LogP contribution in [-0.4, -0.2) is 23.5 Å². The lowest BCUT2D eigenvalue weighted by molar-refractivity contribution is 0.0927. The molecule has 1 aliphatic carbocycles. The van der Waals surface area contributed by atoms with Gasteiger partial charge in [-0.05, 0) is 37.4 Å². The number of amides is 1. The Hall–Kier alpha value is -1.62. The van der Waals surface area contributed by atoms with Crippen LogP contribution in [0.3, 0.4) is 0 Å². The van der Waals surface area contributed by atoms with E-state index in [-0.39, 0.29) is 23.1 Å². The molecule has 1 heterocycles. The number of aromatic nitrogens is 1. The summed E-state index contributed by atoms with van der Waals surface area (Å²) in [6.07, 6.45) is 4.58. The summed E-state index contributed by atoms with van der Waals surface area (Å²) in [5.41, 5.74) is 5.46. The molecule has 1 aliphatic rings. The summed E-state index contributed by atoms with van der Waals surface area (Å²) >= 11 is 0. The van der Waals surface area contributed by atoms with E-state index in [4.69, 9.17) is 5.73 Å². The average Bonchev–Trinajstić information content (AvgIpc) is 2.76. The minimum Gasteiger partial charge on any atom is -0.349 e. The molecule has 5 heteroatoms. The topological polar surface area (TPSA) is 88.0 Å². The first kappa shape index (κ1) is 11.9. The van der Waals surface area contributed by atoms with Crippen molar-refractivity contribution in [3.63, 3.8) is 0 Å². The number of nitrogens with two attached hydrogens (primary N) is 1. The molecule has 4 N–H and O–H groups in total. The second kappa shape index (κ2) is 5.14. The van der Waals surface area contributed by atoms with Crippen molar-refractivity contribution in [3.05, 3.63) is 34.2 Å². The van der Waals surface area contributed by atoms with Crippen molar-refractivity contribution in [3.8, 4) is 0 Å². The third-order valence-corrected chi connectivity index (χ3v) is 3.34. The fraction of sp³-hybridized carbons (Fsp3) is 0.500. The normalized spacial score (nSPS) is 23.6. The number of H-pyrrole nitrogens is 1. The standard InChI is InChI=1S/C12H17N3O2/c13-7-8-3-1-5-10(8)15-12(17)9-4-2-6-14-11(9)16/h2,4,6,8,10H,1,3,5,7,13H2,(H,14,16)(H,15,17). The van der Waals surface area contributed by atoms with Gasteiger partial charge in [0.25, 0.3) is 11.5 Å². The lowest BCUT2D eigenvalue weighted by Crippen LogP contribution is -2.41. The van der Waals surface area contributed by atoms with Gasteiger partial charge in [0.15, 0.2) is 0 Å². The number of hydrogen-bond donors (Lipinski definition) is 3. The fourth-order valence-corrected chi connectivity index (χ4v) is 2.36. The van der Waals surface area contributed by atoms with Crippen molar-refractivity contribution in [2.24, 2.45) is 11.7 Å². The van der Waals surface area contributed by atoms with Gasteiger partial charge in [0, 0.05) is 12.2 Å². The Labute approximate surface area is 99.4 Å². The SMILES string of the molecule is NCC1CCCC1NC(=O)c1ccc[nH]c1=O. The molecule has 1 fully saturated rings. The molecule has 1 amide bonds. The van der Waals surface area contributed by atoms with Gasteiger partial charge in [-0.15, -0.1) is 0 Å². The Morgan fingerprint density at radius 1 is 1.53 bits per heavy atom. The highest BCUT2D eigenvalue weighted by molar-refractivity contribution is 5.93. The molecule has 5 nitrogen and oxygen atoms in total. The molecule has 1 aromatic heterocycles. The largest absolute Gasteiger partial charge is 0.349 e. The zero-order chi connectivity index (χ0) is 12.3. The fourth-order valence-electron chi connectivity index (χ4n) is 2.36. The molecule has 0 aliphatic heterocycles. The maximum Gasteiger partial charge on any atom is 0.260 e. The van der Waals surface area contributed by atoms with Crippen LogP contribution in [0.4, 0.5) is 0 Å². The summed E-state index contributed by atoms with van der Waals surface area (Å²) in [4.78, 5) is 25.8. The first-order valence-electron chi connectivity index (χ1n) is 5.91. The minimum absolute atomic E-state index is 0.104. The van der Waals surface area contributed by atoms with Crippen LogP contribution in [0, 0.1) is 5.92 Å². The van der Waals surface area contributed by atoms with Crippen molar-refractivity contribution in [1.82, 2.24) is 10.3 Å². The summed E-state index contributed by atoms with van der Waals surface area (Å²) in [7, 11) is 0. The molecule has 0 saturated heterocycles. The Balaban J connectivity index is 2.07. The second-order valence-corrected chi connectivity index (χ2v) is 4.42. The van der Waals surface area contributed by atoms with E-state index >= 15 is 0 Å². The third-order valence-electron chi connectivity index (χ3n) is 3.34. The quantitative estimate of drug-likeness (QED) is 0.701. The van der Waals surface area contributed by atoms with E-state index in [0.717, 1.165) is 19.3 Å². The Kier molecular flexibility index (Phi) is 3.58. The van der Waals surface area contributed by atoms with Crippen molar-refractivity contribution in [2.75, 3.05) is 6.54 Å². The molecule has 17 heavy (non-hydrogen) atoms. The number of carbonyl (C=O) groups excluding carboxylic acids is 1. The molecule has 0 spiro atoms. The molecule has 0 radical (unpaired) electrons. The summed E-state index contributed by atoms with van der Waals surface area (Å²) in [5.74, 6) is 0.0268. The molecule has 92 valence electrons. The van der Waals surface area contributed by atoms with Gasteiger partial charge >= 0.3 is 0 Å². The first-order chi connectivity index (χ1) is 8.22. The molecule has 1 aromatic rings. The Morgan fingerprint density at radius 2 is 2.35 bits per heavy atom. The van der Waals surface area contributed by atoms with E-state index in [9.17, 15) is 9.59 Å². The highest BCUT2D eigenvalue weighted by Crippen LogP contribution is 2.24. The van der Waals surface area contributed by atoms with Gasteiger partial charge in [0.2, 0.25) is 0 Å². The maximum absolute atomic E-state index is 11.9. The zero-order valence-electron chi connectivity index (χ0n) is 9.61. The van der Waals surface area contributed by atoms with Crippen LogP contribution >= 0.6 is 0 Å². The number of rotatable bonds is 3. The zero-order valence-corrected chi connectivity index (χ0v) is 9.61. The molecule has 0 bridgehead atoms. The van der Waals surface area contributed by atoms with Crippen LogP contribution in [0.1, 0.15) is 29.6 Å². The molecule has 1 saturated carbocycles. The number of carbonyl (C=O) groups is 1. The smallest absolute Gasteiger partial charge is 0.260 e. The van der Waals surface area contributed by atoms with Crippen molar-refractivity contribution in [1.29, 1.82) is 0 Å². The monoisotopic (exact) mass is 235 g/mol. The van der Waals surface area contributed by atoms with Crippen molar-refractivity contribution >= 4 is 5.91 Å². The van der Waals surface area contributed by atoms with Gasteiger partial charge in [-0.3, -0.25) is 9.59 Å². The Morgan fingerprint density at radius 3 is 3.06 bits per heavy atom. The van der Waals surface area contributed by atoms with Crippen LogP contribution in [0.25, 0.3) is 0 Å². The first-order valence-corrected chi connectivity index (χ1v) is 5.91. The average molecular weight is 235 g/mol. The van der Waals surface area contributed by atoms with Crippen LogP contribution in [-0.2, 0) is 0 Å². The Bertz CT molecular complexity index is 455. The second-order valence-electron chi connectivity index (χ2n) is 4.42. The number of hydrogen-bond acceptors (Lipinski definition) is 3. The summed E-state index contributed by atoms with van der Waals surface area (Å²) < 4.78 is 0. The molecule has 0 aromatic carbocycles. The van der Waals surface area contributed by atoms with Crippen LogP contribution in [0.15, 0.2) is 23.1 Å². The molecule has 2 rings (SSSR count). The van der Waals surface area contributed by atoms with Gasteiger partial charge in [-0.25, -0.2) is 0 Å². The number of aromatic amines is 1. The molecule has 2 unspecified atom stereocenters. The van der Waals surface area contributed by atoms with Crippen molar-refractivity contribution in [2.45, 2.75) is 25.3 Å². The minimum atomic E-state index is -0.354. The van der Waals surface area contributed by atoms with Crippen LogP contribution < -0.4 is 16.6 Å². The molecular weight excluding hydrogens is 218 g/mol. The van der Waals surface area contributed by atoms with Gasteiger partial charge < -0.3 is 16.0 Å². The predicted octanol–water partition coefficient (Wildman–Crippen LogP) is 0.232. The van der Waals surface area contributed by atoms with Gasteiger partial charge in [-0.1, -0.05) is 6.42 Å². The summed E-state index contributed by atoms with van der Waals surface area (Å²) in [5, 5.41) is 2.90. The highest BCUT2D eigenvalue weighted by atomic mass is 16.2. The molecule has 2 atom stereocenters. The lowest BCUT2D eigenvalue weighted by atomic mass is 10.0. The van der Waals surface area contributed by atoms with E-state index in [0.29, 0.717) is 12.5 Å². The predicted molar refractivity (Wildman–Crippen MR) is 64.7 cm³/mol.